The van der Waals surface area contributed by atoms with Crippen LogP contribution in [0, 0.1) is 5.92 Å². The molecule has 21 heavy (non-hydrogen) atoms. The maximum absolute atomic E-state index is 12.0. The van der Waals surface area contributed by atoms with E-state index in [1.807, 2.05) is 38.1 Å². The van der Waals surface area contributed by atoms with Gasteiger partial charge in [0, 0.05) is 11.9 Å². The van der Waals surface area contributed by atoms with Gasteiger partial charge in [0.25, 0.3) is 5.56 Å². The quantitative estimate of drug-likeness (QED) is 0.788. The molecular formula is C16H21N3O2. The molecule has 0 fully saturated rings. The number of carbonyl (C=O) groups excluding carboxylic acids is 1. The monoisotopic (exact) mass is 287 g/mol. The van der Waals surface area contributed by atoms with Crippen molar-refractivity contribution in [1.82, 2.24) is 10.3 Å². The summed E-state index contributed by atoms with van der Waals surface area (Å²) in [7, 11) is 0. The van der Waals surface area contributed by atoms with Crippen LogP contribution in [0.4, 0.5) is 5.82 Å². The largest absolute Gasteiger partial charge is 0.360 e. The highest BCUT2D eigenvalue weighted by molar-refractivity contribution is 5.86. The fourth-order valence-electron chi connectivity index (χ4n) is 2.05. The third-order valence-corrected chi connectivity index (χ3v) is 3.20. The van der Waals surface area contributed by atoms with Crippen LogP contribution in [0.15, 0.2) is 35.1 Å². The van der Waals surface area contributed by atoms with Gasteiger partial charge in [-0.05, 0) is 30.4 Å². The summed E-state index contributed by atoms with van der Waals surface area (Å²) in [5, 5.41) is 7.38. The van der Waals surface area contributed by atoms with Crippen LogP contribution in [0.5, 0.6) is 0 Å². The van der Waals surface area contributed by atoms with Crippen molar-refractivity contribution in [3.8, 4) is 0 Å². The minimum Gasteiger partial charge on any atom is -0.360 e. The van der Waals surface area contributed by atoms with Crippen LogP contribution in [0.25, 0.3) is 10.8 Å². The summed E-state index contributed by atoms with van der Waals surface area (Å²) in [4.78, 5) is 26.7. The number of anilines is 1. The molecule has 0 aliphatic heterocycles. The van der Waals surface area contributed by atoms with Crippen molar-refractivity contribution in [3.63, 3.8) is 0 Å². The molecule has 1 aromatic heterocycles. The molecule has 1 heterocycles. The van der Waals surface area contributed by atoms with E-state index in [0.29, 0.717) is 23.7 Å². The van der Waals surface area contributed by atoms with Crippen molar-refractivity contribution in [2.45, 2.75) is 26.8 Å². The van der Waals surface area contributed by atoms with E-state index >= 15 is 0 Å². The molecule has 1 amide bonds. The van der Waals surface area contributed by atoms with E-state index in [-0.39, 0.29) is 11.5 Å². The maximum Gasteiger partial charge on any atom is 0.257 e. The normalized spacial score (nSPS) is 12.4. The maximum atomic E-state index is 12.0. The molecule has 5 nitrogen and oxygen atoms in total. The molecule has 1 unspecified atom stereocenters. The number of aromatic nitrogens is 1. The number of pyridine rings is 1. The summed E-state index contributed by atoms with van der Waals surface area (Å²) in [5.74, 6) is 0.866. The van der Waals surface area contributed by atoms with E-state index in [1.165, 1.54) is 0 Å². The molecule has 0 saturated heterocycles. The number of hydrogen-bond acceptors (Lipinski definition) is 3. The minimum atomic E-state index is -0.416. The summed E-state index contributed by atoms with van der Waals surface area (Å²) in [6.07, 6.45) is 0. The van der Waals surface area contributed by atoms with E-state index in [1.54, 1.807) is 13.0 Å². The van der Waals surface area contributed by atoms with E-state index in [0.717, 1.165) is 5.39 Å². The molecule has 112 valence electrons. The number of amides is 1. The second-order valence-corrected chi connectivity index (χ2v) is 5.60. The van der Waals surface area contributed by atoms with Gasteiger partial charge in [-0.25, -0.2) is 0 Å². The minimum absolute atomic E-state index is 0.0855. The van der Waals surface area contributed by atoms with Crippen molar-refractivity contribution in [2.75, 3.05) is 11.9 Å². The van der Waals surface area contributed by atoms with Crippen LogP contribution < -0.4 is 16.2 Å². The smallest absolute Gasteiger partial charge is 0.257 e. The molecule has 2 aromatic rings. The fraction of sp³-hybridized carbons (Fsp3) is 0.375. The van der Waals surface area contributed by atoms with Crippen molar-refractivity contribution in [1.29, 1.82) is 0 Å². The molecule has 0 spiro atoms. The zero-order valence-corrected chi connectivity index (χ0v) is 12.6. The Hall–Kier alpha value is -2.30. The summed E-state index contributed by atoms with van der Waals surface area (Å²) < 4.78 is 0. The Balaban J connectivity index is 2.12. The summed E-state index contributed by atoms with van der Waals surface area (Å²) in [6.45, 7) is 6.49. The third kappa shape index (κ3) is 3.84. The Morgan fingerprint density at radius 2 is 1.95 bits per heavy atom. The Labute approximate surface area is 123 Å². The first-order valence-electron chi connectivity index (χ1n) is 7.13. The van der Waals surface area contributed by atoms with Gasteiger partial charge in [0.1, 0.15) is 11.9 Å². The highest BCUT2D eigenvalue weighted by Gasteiger charge is 2.13. The predicted octanol–water partition coefficient (Wildman–Crippen LogP) is 2.10. The van der Waals surface area contributed by atoms with Gasteiger partial charge in [-0.1, -0.05) is 32.0 Å². The Kier molecular flexibility index (Phi) is 4.62. The highest BCUT2D eigenvalue weighted by Crippen LogP contribution is 2.13. The first-order chi connectivity index (χ1) is 9.97. The van der Waals surface area contributed by atoms with Gasteiger partial charge in [0.15, 0.2) is 0 Å². The van der Waals surface area contributed by atoms with Crippen molar-refractivity contribution in [2.24, 2.45) is 5.92 Å². The lowest BCUT2D eigenvalue weighted by Gasteiger charge is -2.16. The molecule has 5 heteroatoms. The predicted molar refractivity (Wildman–Crippen MR) is 85.5 cm³/mol. The number of aromatic amines is 1. The average molecular weight is 287 g/mol. The number of fused-ring (bicyclic) bond motifs is 1. The molecule has 1 atom stereocenters. The van der Waals surface area contributed by atoms with Gasteiger partial charge >= 0.3 is 0 Å². The lowest BCUT2D eigenvalue weighted by molar-refractivity contribution is -0.121. The molecule has 0 radical (unpaired) electrons. The number of hydrogen-bond donors (Lipinski definition) is 3. The van der Waals surface area contributed by atoms with Crippen molar-refractivity contribution >= 4 is 22.5 Å². The van der Waals surface area contributed by atoms with Crippen LogP contribution in [0.2, 0.25) is 0 Å². The standard InChI is InChI=1S/C16H21N3O2/c1-10(2)9-17-15(20)11(3)18-14-8-12-6-4-5-7-13(12)16(21)19-14/h4-8,10-11H,9H2,1-3H3,(H,17,20)(H2,18,19,21). The van der Waals surface area contributed by atoms with Crippen LogP contribution in [0.1, 0.15) is 20.8 Å². The third-order valence-electron chi connectivity index (χ3n) is 3.20. The number of benzene rings is 1. The molecule has 0 aliphatic carbocycles. The van der Waals surface area contributed by atoms with Crippen molar-refractivity contribution in [3.05, 3.63) is 40.7 Å². The number of nitrogens with one attached hydrogen (secondary N) is 3. The molecule has 3 N–H and O–H groups in total. The molecule has 0 bridgehead atoms. The lowest BCUT2D eigenvalue weighted by atomic mass is 10.1. The number of H-pyrrole nitrogens is 1. The summed E-state index contributed by atoms with van der Waals surface area (Å²) >= 11 is 0. The SMILES string of the molecule is CC(C)CNC(=O)C(C)Nc1cc2ccccc2c(=O)[nH]1. The molecule has 2 rings (SSSR count). The van der Waals surface area contributed by atoms with Crippen LogP contribution >= 0.6 is 0 Å². The molecule has 0 aliphatic rings. The Bertz CT molecular complexity index is 691. The summed E-state index contributed by atoms with van der Waals surface area (Å²) in [5.41, 5.74) is -0.162. The second kappa shape index (κ2) is 6.43. The van der Waals surface area contributed by atoms with Crippen molar-refractivity contribution < 1.29 is 4.79 Å². The summed E-state index contributed by atoms with van der Waals surface area (Å²) in [6, 6.07) is 8.77. The van der Waals surface area contributed by atoms with E-state index in [9.17, 15) is 9.59 Å². The van der Waals surface area contributed by atoms with E-state index in [4.69, 9.17) is 0 Å². The Morgan fingerprint density at radius 1 is 1.24 bits per heavy atom. The van der Waals surface area contributed by atoms with E-state index in [2.05, 4.69) is 15.6 Å². The van der Waals surface area contributed by atoms with Gasteiger partial charge in [-0.2, -0.15) is 0 Å². The molecule has 1 aromatic carbocycles. The topological polar surface area (TPSA) is 74.0 Å². The average Bonchev–Trinajstić information content (AvgIpc) is 2.44. The fourth-order valence-corrected chi connectivity index (χ4v) is 2.05. The van der Waals surface area contributed by atoms with E-state index < -0.39 is 6.04 Å². The van der Waals surface area contributed by atoms with Crippen LogP contribution in [-0.2, 0) is 4.79 Å². The number of carbonyl (C=O) groups is 1. The highest BCUT2D eigenvalue weighted by atomic mass is 16.2. The van der Waals surface area contributed by atoms with Gasteiger partial charge in [0.05, 0.1) is 0 Å². The van der Waals surface area contributed by atoms with Gasteiger partial charge in [-0.15, -0.1) is 0 Å². The first kappa shape index (κ1) is 15.1. The van der Waals surface area contributed by atoms with Crippen LogP contribution in [0.3, 0.4) is 0 Å². The first-order valence-corrected chi connectivity index (χ1v) is 7.13. The zero-order chi connectivity index (χ0) is 15.4. The lowest BCUT2D eigenvalue weighted by Crippen LogP contribution is -2.39. The zero-order valence-electron chi connectivity index (χ0n) is 12.6. The number of rotatable bonds is 5. The van der Waals surface area contributed by atoms with Gasteiger partial charge in [-0.3, -0.25) is 9.59 Å². The van der Waals surface area contributed by atoms with Gasteiger partial charge < -0.3 is 15.6 Å². The van der Waals surface area contributed by atoms with Crippen LogP contribution in [-0.4, -0.2) is 23.5 Å². The van der Waals surface area contributed by atoms with Gasteiger partial charge in [0.2, 0.25) is 5.91 Å². The Morgan fingerprint density at radius 3 is 2.67 bits per heavy atom. The molecule has 0 saturated carbocycles. The molecular weight excluding hydrogens is 266 g/mol. The second-order valence-electron chi connectivity index (χ2n) is 5.60.